The molecule has 0 aliphatic heterocycles. The van der Waals surface area contributed by atoms with Gasteiger partial charge in [-0.3, -0.25) is 4.98 Å². The maximum Gasteiger partial charge on any atom is 0.0951 e. The van der Waals surface area contributed by atoms with Crippen LogP contribution in [0.25, 0.3) is 10.9 Å². The number of benzene rings is 1. The van der Waals surface area contributed by atoms with Gasteiger partial charge in [0.15, 0.2) is 0 Å². The lowest BCUT2D eigenvalue weighted by atomic mass is 10.1. The van der Waals surface area contributed by atoms with E-state index in [9.17, 15) is 5.11 Å². The molecule has 4 N–H and O–H groups in total. The van der Waals surface area contributed by atoms with Crippen molar-refractivity contribution in [1.82, 2.24) is 4.98 Å². The molecule has 0 aliphatic rings. The van der Waals surface area contributed by atoms with Crippen molar-refractivity contribution in [2.45, 2.75) is 13.0 Å². The van der Waals surface area contributed by atoms with Crippen LogP contribution in [0.3, 0.4) is 0 Å². The summed E-state index contributed by atoms with van der Waals surface area (Å²) in [7, 11) is 0. The first-order valence-electron chi connectivity index (χ1n) is 5.23. The van der Waals surface area contributed by atoms with Gasteiger partial charge in [-0.25, -0.2) is 0 Å². The highest BCUT2D eigenvalue weighted by Crippen LogP contribution is 2.26. The first-order chi connectivity index (χ1) is 7.68. The van der Waals surface area contributed by atoms with Crippen molar-refractivity contribution in [2.75, 3.05) is 17.6 Å². The molecule has 1 heterocycles. The summed E-state index contributed by atoms with van der Waals surface area (Å²) >= 11 is 0. The Hall–Kier alpha value is -1.81. The van der Waals surface area contributed by atoms with Gasteiger partial charge in [0, 0.05) is 23.8 Å². The summed E-state index contributed by atoms with van der Waals surface area (Å²) < 4.78 is 0. The molecule has 0 aliphatic carbocycles. The van der Waals surface area contributed by atoms with Crippen LogP contribution in [0.1, 0.15) is 6.92 Å². The third-order valence-electron chi connectivity index (χ3n) is 2.39. The fraction of sp³-hybridized carbons (Fsp3) is 0.250. The van der Waals surface area contributed by atoms with E-state index in [1.165, 1.54) is 0 Å². The number of pyridine rings is 1. The summed E-state index contributed by atoms with van der Waals surface area (Å²) in [5.41, 5.74) is 8.24. The Kier molecular flexibility index (Phi) is 2.92. The van der Waals surface area contributed by atoms with Crippen LogP contribution in [0.15, 0.2) is 30.5 Å². The minimum Gasteiger partial charge on any atom is -0.397 e. The van der Waals surface area contributed by atoms with Crippen molar-refractivity contribution in [3.8, 4) is 0 Å². The molecule has 0 saturated heterocycles. The van der Waals surface area contributed by atoms with Gasteiger partial charge in [-0.05, 0) is 31.2 Å². The standard InChI is InChI=1S/C12H15N3O/c1-8(16)7-15-11-5-4-10(13)12-9(11)3-2-6-14-12/h2-6,8,15-16H,7,13H2,1H3. The second-order valence-electron chi connectivity index (χ2n) is 3.83. The minimum atomic E-state index is -0.385. The highest BCUT2D eigenvalue weighted by molar-refractivity contribution is 5.98. The van der Waals surface area contributed by atoms with Crippen LogP contribution in [-0.4, -0.2) is 22.7 Å². The van der Waals surface area contributed by atoms with E-state index in [1.807, 2.05) is 24.3 Å². The van der Waals surface area contributed by atoms with Gasteiger partial charge in [0.1, 0.15) is 0 Å². The Bertz CT molecular complexity index is 497. The molecule has 1 atom stereocenters. The topological polar surface area (TPSA) is 71.2 Å². The average molecular weight is 217 g/mol. The predicted octanol–water partition coefficient (Wildman–Crippen LogP) is 1.61. The molecule has 84 valence electrons. The number of aliphatic hydroxyl groups excluding tert-OH is 1. The fourth-order valence-electron chi connectivity index (χ4n) is 1.61. The van der Waals surface area contributed by atoms with E-state index in [0.717, 1.165) is 16.6 Å². The Labute approximate surface area is 94.1 Å². The molecule has 1 unspecified atom stereocenters. The number of nitrogens with two attached hydrogens (primary N) is 1. The van der Waals surface area contributed by atoms with Crippen LogP contribution in [0.4, 0.5) is 11.4 Å². The highest BCUT2D eigenvalue weighted by Gasteiger charge is 2.04. The summed E-state index contributed by atoms with van der Waals surface area (Å²) in [5.74, 6) is 0. The van der Waals surface area contributed by atoms with Crippen LogP contribution in [-0.2, 0) is 0 Å². The first-order valence-corrected chi connectivity index (χ1v) is 5.23. The maximum atomic E-state index is 9.24. The Morgan fingerprint density at radius 3 is 3.00 bits per heavy atom. The number of hydrogen-bond donors (Lipinski definition) is 3. The quantitative estimate of drug-likeness (QED) is 0.683. The summed E-state index contributed by atoms with van der Waals surface area (Å²) in [6.45, 7) is 2.25. The van der Waals surface area contributed by atoms with Gasteiger partial charge in [0.25, 0.3) is 0 Å². The molecule has 0 spiro atoms. The predicted molar refractivity (Wildman–Crippen MR) is 66.3 cm³/mol. The number of fused-ring (bicyclic) bond motifs is 1. The Morgan fingerprint density at radius 1 is 1.44 bits per heavy atom. The fourth-order valence-corrected chi connectivity index (χ4v) is 1.61. The SMILES string of the molecule is CC(O)CNc1ccc(N)c2ncccc12. The van der Waals surface area contributed by atoms with Crippen LogP contribution >= 0.6 is 0 Å². The molecule has 1 aromatic heterocycles. The van der Waals surface area contributed by atoms with Crippen LogP contribution in [0, 0.1) is 0 Å². The van der Waals surface area contributed by atoms with E-state index in [2.05, 4.69) is 10.3 Å². The van der Waals surface area contributed by atoms with Crippen LogP contribution in [0.2, 0.25) is 0 Å². The third-order valence-corrected chi connectivity index (χ3v) is 2.39. The second-order valence-corrected chi connectivity index (χ2v) is 3.83. The molecule has 4 heteroatoms. The van der Waals surface area contributed by atoms with Gasteiger partial charge in [-0.15, -0.1) is 0 Å². The summed E-state index contributed by atoms with van der Waals surface area (Å²) in [6.07, 6.45) is 1.33. The summed E-state index contributed by atoms with van der Waals surface area (Å²) in [5, 5.41) is 13.4. The average Bonchev–Trinajstić information content (AvgIpc) is 2.28. The van der Waals surface area contributed by atoms with E-state index < -0.39 is 0 Å². The van der Waals surface area contributed by atoms with Crippen molar-refractivity contribution >= 4 is 22.3 Å². The molecule has 16 heavy (non-hydrogen) atoms. The monoisotopic (exact) mass is 217 g/mol. The van der Waals surface area contributed by atoms with Crippen molar-refractivity contribution in [3.05, 3.63) is 30.5 Å². The lowest BCUT2D eigenvalue weighted by Gasteiger charge is -2.11. The molecule has 2 rings (SSSR count). The first kappa shape index (κ1) is 10.7. The van der Waals surface area contributed by atoms with Gasteiger partial charge < -0.3 is 16.2 Å². The Balaban J connectivity index is 2.42. The Morgan fingerprint density at radius 2 is 2.25 bits per heavy atom. The van der Waals surface area contributed by atoms with Gasteiger partial charge in [0.05, 0.1) is 17.3 Å². The molecular formula is C12H15N3O. The molecule has 0 fully saturated rings. The van der Waals surface area contributed by atoms with E-state index in [1.54, 1.807) is 13.1 Å². The van der Waals surface area contributed by atoms with Gasteiger partial charge >= 0.3 is 0 Å². The second kappa shape index (κ2) is 4.37. The van der Waals surface area contributed by atoms with E-state index in [-0.39, 0.29) is 6.10 Å². The number of nitrogens with zero attached hydrogens (tertiary/aromatic N) is 1. The zero-order valence-electron chi connectivity index (χ0n) is 9.14. The molecule has 0 radical (unpaired) electrons. The lowest BCUT2D eigenvalue weighted by Crippen LogP contribution is -2.15. The van der Waals surface area contributed by atoms with E-state index >= 15 is 0 Å². The molecule has 0 saturated carbocycles. The molecule has 0 amide bonds. The number of anilines is 2. The zero-order chi connectivity index (χ0) is 11.5. The largest absolute Gasteiger partial charge is 0.397 e. The maximum absolute atomic E-state index is 9.24. The van der Waals surface area contributed by atoms with Crippen molar-refractivity contribution < 1.29 is 5.11 Å². The highest BCUT2D eigenvalue weighted by atomic mass is 16.3. The number of rotatable bonds is 3. The number of hydrogen-bond acceptors (Lipinski definition) is 4. The minimum absolute atomic E-state index is 0.385. The van der Waals surface area contributed by atoms with Crippen molar-refractivity contribution in [1.29, 1.82) is 0 Å². The van der Waals surface area contributed by atoms with Gasteiger partial charge in [-0.2, -0.15) is 0 Å². The zero-order valence-corrected chi connectivity index (χ0v) is 9.14. The number of nitrogens with one attached hydrogen (secondary N) is 1. The van der Waals surface area contributed by atoms with Gasteiger partial charge in [0.2, 0.25) is 0 Å². The summed E-state index contributed by atoms with van der Waals surface area (Å²) in [6, 6.07) is 7.56. The van der Waals surface area contributed by atoms with E-state index in [0.29, 0.717) is 12.2 Å². The molecule has 0 bridgehead atoms. The number of aromatic nitrogens is 1. The van der Waals surface area contributed by atoms with Gasteiger partial charge in [-0.1, -0.05) is 0 Å². The lowest BCUT2D eigenvalue weighted by molar-refractivity contribution is 0.208. The smallest absolute Gasteiger partial charge is 0.0951 e. The summed E-state index contributed by atoms with van der Waals surface area (Å²) in [4.78, 5) is 4.24. The van der Waals surface area contributed by atoms with Crippen molar-refractivity contribution in [2.24, 2.45) is 0 Å². The molecular weight excluding hydrogens is 202 g/mol. The molecule has 1 aromatic carbocycles. The molecule has 2 aromatic rings. The number of aliphatic hydroxyl groups is 1. The van der Waals surface area contributed by atoms with Crippen molar-refractivity contribution in [3.63, 3.8) is 0 Å². The number of nitrogen functional groups attached to an aromatic ring is 1. The van der Waals surface area contributed by atoms with Crippen LogP contribution in [0.5, 0.6) is 0 Å². The third kappa shape index (κ3) is 2.06. The molecule has 4 nitrogen and oxygen atoms in total. The van der Waals surface area contributed by atoms with E-state index in [4.69, 9.17) is 5.73 Å². The van der Waals surface area contributed by atoms with Crippen LogP contribution < -0.4 is 11.1 Å². The normalized spacial score (nSPS) is 12.6.